The van der Waals surface area contributed by atoms with E-state index in [1.165, 1.54) is 6.33 Å². The molecule has 18 heavy (non-hydrogen) atoms. The first-order valence-corrected chi connectivity index (χ1v) is 6.87. The summed E-state index contributed by atoms with van der Waals surface area (Å²) in [5.74, 6) is 0.562. The zero-order valence-corrected chi connectivity index (χ0v) is 11.0. The summed E-state index contributed by atoms with van der Waals surface area (Å²) < 4.78 is 28.4. The molecular weight excluding hydrogens is 252 g/mol. The highest BCUT2D eigenvalue weighted by Crippen LogP contribution is 2.13. The van der Waals surface area contributed by atoms with Gasteiger partial charge in [-0.3, -0.25) is 0 Å². The van der Waals surface area contributed by atoms with E-state index in [9.17, 15) is 8.42 Å². The van der Waals surface area contributed by atoms with Gasteiger partial charge in [-0.05, 0) is 18.6 Å². The Labute approximate surface area is 106 Å². The molecule has 0 bridgehead atoms. The van der Waals surface area contributed by atoms with Crippen LogP contribution in [0.5, 0.6) is 0 Å². The molecule has 0 aliphatic carbocycles. The van der Waals surface area contributed by atoms with Crippen LogP contribution in [0.25, 0.3) is 0 Å². The summed E-state index contributed by atoms with van der Waals surface area (Å²) in [6.07, 6.45) is 1.53. The number of sulfonamides is 1. The number of hydrogen-bond acceptors (Lipinski definition) is 4. The molecule has 0 amide bonds. The highest BCUT2D eigenvalue weighted by molar-refractivity contribution is 7.89. The largest absolute Gasteiger partial charge is 0.320 e. The van der Waals surface area contributed by atoms with Crippen LogP contribution in [0.3, 0.4) is 0 Å². The molecule has 1 aromatic heterocycles. The van der Waals surface area contributed by atoms with Crippen LogP contribution in [-0.2, 0) is 23.6 Å². The summed E-state index contributed by atoms with van der Waals surface area (Å²) in [6.45, 7) is 1.88. The molecule has 2 rings (SSSR count). The van der Waals surface area contributed by atoms with Crippen LogP contribution in [0, 0.1) is 6.92 Å². The summed E-state index contributed by atoms with van der Waals surface area (Å²) in [4.78, 5) is 0.284. The van der Waals surface area contributed by atoms with Crippen molar-refractivity contribution >= 4 is 10.0 Å². The van der Waals surface area contributed by atoms with Crippen LogP contribution in [0.1, 0.15) is 11.4 Å². The zero-order chi connectivity index (χ0) is 13.2. The van der Waals surface area contributed by atoms with E-state index in [2.05, 4.69) is 14.9 Å². The fourth-order valence-corrected chi connectivity index (χ4v) is 2.79. The molecule has 6 nitrogen and oxygen atoms in total. The lowest BCUT2D eigenvalue weighted by Crippen LogP contribution is -2.25. The van der Waals surface area contributed by atoms with Crippen LogP contribution < -0.4 is 4.72 Å². The number of aryl methyl sites for hydroxylation is 2. The SMILES string of the molecule is Cc1ccccc1S(=O)(=O)NCc1nncn1C. The van der Waals surface area contributed by atoms with Crippen molar-refractivity contribution in [2.24, 2.45) is 7.05 Å². The number of hydrogen-bond donors (Lipinski definition) is 1. The van der Waals surface area contributed by atoms with Crippen molar-refractivity contribution in [3.8, 4) is 0 Å². The topological polar surface area (TPSA) is 76.9 Å². The number of nitrogens with one attached hydrogen (secondary N) is 1. The second kappa shape index (κ2) is 4.87. The van der Waals surface area contributed by atoms with E-state index >= 15 is 0 Å². The van der Waals surface area contributed by atoms with Crippen molar-refractivity contribution in [1.29, 1.82) is 0 Å². The molecule has 0 atom stereocenters. The van der Waals surface area contributed by atoms with E-state index in [4.69, 9.17) is 0 Å². The molecule has 96 valence electrons. The second-order valence-corrected chi connectivity index (χ2v) is 5.68. The summed E-state index contributed by atoms with van der Waals surface area (Å²) >= 11 is 0. The maximum absolute atomic E-state index is 12.1. The Morgan fingerprint density at radius 2 is 2.06 bits per heavy atom. The van der Waals surface area contributed by atoms with Crippen LogP contribution in [-0.4, -0.2) is 23.2 Å². The van der Waals surface area contributed by atoms with Gasteiger partial charge < -0.3 is 4.57 Å². The van der Waals surface area contributed by atoms with Gasteiger partial charge in [-0.15, -0.1) is 10.2 Å². The second-order valence-electron chi connectivity index (χ2n) is 3.95. The summed E-state index contributed by atoms with van der Waals surface area (Å²) in [5, 5.41) is 7.51. The molecule has 0 fully saturated rings. The van der Waals surface area contributed by atoms with Gasteiger partial charge in [-0.1, -0.05) is 18.2 Å². The average Bonchev–Trinajstić information content (AvgIpc) is 2.73. The molecule has 7 heteroatoms. The molecule has 0 aliphatic heterocycles. The van der Waals surface area contributed by atoms with E-state index in [0.717, 1.165) is 0 Å². The minimum atomic E-state index is -3.51. The first kappa shape index (κ1) is 12.7. The van der Waals surface area contributed by atoms with Crippen molar-refractivity contribution in [3.05, 3.63) is 42.0 Å². The quantitative estimate of drug-likeness (QED) is 0.879. The molecule has 0 unspecified atom stereocenters. The minimum Gasteiger partial charge on any atom is -0.320 e. The standard InChI is InChI=1S/C11H14N4O2S/c1-9-5-3-4-6-10(9)18(16,17)13-7-11-14-12-8-15(11)2/h3-6,8,13H,7H2,1-2H3. The summed E-state index contributed by atoms with van der Waals surface area (Å²) in [5.41, 5.74) is 0.711. The van der Waals surface area contributed by atoms with Crippen LogP contribution in [0.2, 0.25) is 0 Å². The normalized spacial score (nSPS) is 11.7. The van der Waals surface area contributed by atoms with Gasteiger partial charge in [0.1, 0.15) is 12.2 Å². The monoisotopic (exact) mass is 266 g/mol. The maximum atomic E-state index is 12.1. The fraction of sp³-hybridized carbons (Fsp3) is 0.273. The zero-order valence-electron chi connectivity index (χ0n) is 10.2. The highest BCUT2D eigenvalue weighted by Gasteiger charge is 2.16. The van der Waals surface area contributed by atoms with Crippen molar-refractivity contribution in [2.45, 2.75) is 18.4 Å². The number of rotatable bonds is 4. The third-order valence-electron chi connectivity index (χ3n) is 2.61. The lowest BCUT2D eigenvalue weighted by Gasteiger charge is -2.08. The van der Waals surface area contributed by atoms with Gasteiger partial charge in [-0.25, -0.2) is 13.1 Å². The van der Waals surface area contributed by atoms with Gasteiger partial charge in [-0.2, -0.15) is 0 Å². The number of benzene rings is 1. The molecule has 0 spiro atoms. The lowest BCUT2D eigenvalue weighted by atomic mass is 10.2. The van der Waals surface area contributed by atoms with Crippen molar-refractivity contribution in [1.82, 2.24) is 19.5 Å². The van der Waals surface area contributed by atoms with Crippen molar-refractivity contribution < 1.29 is 8.42 Å². The van der Waals surface area contributed by atoms with Gasteiger partial charge >= 0.3 is 0 Å². The Morgan fingerprint density at radius 3 is 2.67 bits per heavy atom. The van der Waals surface area contributed by atoms with Gasteiger partial charge in [0.2, 0.25) is 10.0 Å². The third kappa shape index (κ3) is 2.57. The van der Waals surface area contributed by atoms with Crippen molar-refractivity contribution in [2.75, 3.05) is 0 Å². The molecule has 0 radical (unpaired) electrons. The van der Waals surface area contributed by atoms with E-state index < -0.39 is 10.0 Å². The maximum Gasteiger partial charge on any atom is 0.241 e. The third-order valence-corrected chi connectivity index (χ3v) is 4.17. The summed E-state index contributed by atoms with van der Waals surface area (Å²) in [6, 6.07) is 6.84. The van der Waals surface area contributed by atoms with Gasteiger partial charge in [0.25, 0.3) is 0 Å². The average molecular weight is 266 g/mol. The Hall–Kier alpha value is -1.73. The first-order valence-electron chi connectivity index (χ1n) is 5.39. The minimum absolute atomic E-state index is 0.118. The predicted molar refractivity (Wildman–Crippen MR) is 66.2 cm³/mol. The van der Waals surface area contributed by atoms with E-state index in [1.54, 1.807) is 42.8 Å². The smallest absolute Gasteiger partial charge is 0.241 e. The summed E-state index contributed by atoms with van der Waals surface area (Å²) in [7, 11) is -1.75. The Morgan fingerprint density at radius 1 is 1.33 bits per heavy atom. The fourth-order valence-electron chi connectivity index (χ4n) is 1.56. The Bertz CT molecular complexity index is 649. The Balaban J connectivity index is 2.19. The number of nitrogens with zero attached hydrogens (tertiary/aromatic N) is 3. The lowest BCUT2D eigenvalue weighted by molar-refractivity contribution is 0.577. The first-order chi connectivity index (χ1) is 8.50. The van der Waals surface area contributed by atoms with E-state index in [-0.39, 0.29) is 11.4 Å². The van der Waals surface area contributed by atoms with Crippen LogP contribution in [0.15, 0.2) is 35.5 Å². The van der Waals surface area contributed by atoms with Gasteiger partial charge in [0.15, 0.2) is 0 Å². The van der Waals surface area contributed by atoms with Crippen molar-refractivity contribution in [3.63, 3.8) is 0 Å². The molecule has 1 heterocycles. The number of aromatic nitrogens is 3. The van der Waals surface area contributed by atoms with Gasteiger partial charge in [0, 0.05) is 7.05 Å². The predicted octanol–water partition coefficient (Wildman–Crippen LogP) is 0.602. The molecule has 1 aromatic carbocycles. The molecule has 1 N–H and O–H groups in total. The molecule has 0 saturated carbocycles. The molecule has 2 aromatic rings. The molecule has 0 aliphatic rings. The van der Waals surface area contributed by atoms with Gasteiger partial charge in [0.05, 0.1) is 11.4 Å². The van der Waals surface area contributed by atoms with Crippen LogP contribution in [0.4, 0.5) is 0 Å². The highest BCUT2D eigenvalue weighted by atomic mass is 32.2. The molecule has 0 saturated heterocycles. The Kier molecular flexibility index (Phi) is 3.44. The van der Waals surface area contributed by atoms with E-state index in [1.807, 2.05) is 0 Å². The van der Waals surface area contributed by atoms with Crippen LogP contribution >= 0.6 is 0 Å². The van der Waals surface area contributed by atoms with E-state index in [0.29, 0.717) is 11.4 Å². The molecular formula is C11H14N4O2S.